The summed E-state index contributed by atoms with van der Waals surface area (Å²) < 4.78 is 4.68. The Morgan fingerprint density at radius 1 is 1.35 bits per heavy atom. The van der Waals surface area contributed by atoms with Crippen LogP contribution in [-0.4, -0.2) is 47.0 Å². The normalized spacial score (nSPS) is 18.0. The number of carbonyl (C=O) groups excluding carboxylic acids is 1. The lowest BCUT2D eigenvalue weighted by Gasteiger charge is -2.31. The van der Waals surface area contributed by atoms with Gasteiger partial charge in [-0.05, 0) is 53.7 Å². The zero-order valence-electron chi connectivity index (χ0n) is 13.4. The van der Waals surface area contributed by atoms with Crippen LogP contribution >= 0.6 is 0 Å². The van der Waals surface area contributed by atoms with Crippen molar-refractivity contribution < 1.29 is 14.3 Å². The molecule has 122 valence electrons. The van der Waals surface area contributed by atoms with Gasteiger partial charge in [-0.1, -0.05) is 11.2 Å². The lowest BCUT2D eigenvalue weighted by molar-refractivity contribution is -0.131. The summed E-state index contributed by atoms with van der Waals surface area (Å²) in [6.07, 6.45) is 3.97. The van der Waals surface area contributed by atoms with E-state index in [9.17, 15) is 4.79 Å². The summed E-state index contributed by atoms with van der Waals surface area (Å²) in [7, 11) is 3.44. The van der Waals surface area contributed by atoms with Crippen LogP contribution in [0.2, 0.25) is 0 Å². The molecule has 1 aromatic heterocycles. The van der Waals surface area contributed by atoms with Crippen LogP contribution in [-0.2, 0) is 16.1 Å². The Kier molecular flexibility index (Phi) is 4.55. The van der Waals surface area contributed by atoms with E-state index in [0.29, 0.717) is 17.5 Å². The molecule has 3 rings (SSSR count). The number of fused-ring (bicyclic) bond motifs is 1. The number of aromatic nitrogens is 2. The zero-order chi connectivity index (χ0) is 16.2. The Balaban J connectivity index is 1.60. The topological polar surface area (TPSA) is 80.8 Å². The number of hydrogen-bond acceptors (Lipinski definition) is 6. The summed E-state index contributed by atoms with van der Waals surface area (Å²) in [6.45, 7) is 0. The third kappa shape index (κ3) is 3.49. The molecule has 7 heteroatoms. The van der Waals surface area contributed by atoms with Crippen LogP contribution in [0.4, 0.5) is 0 Å². The molecule has 1 aromatic carbocycles. The van der Waals surface area contributed by atoms with E-state index in [1.807, 2.05) is 30.1 Å². The van der Waals surface area contributed by atoms with E-state index in [2.05, 4.69) is 20.1 Å². The highest BCUT2D eigenvalue weighted by molar-refractivity contribution is 5.85. The predicted octanol–water partition coefficient (Wildman–Crippen LogP) is 2.17. The molecule has 0 radical (unpaired) electrons. The van der Waals surface area contributed by atoms with E-state index >= 15 is 0 Å². The smallest absolute Gasteiger partial charge is 0.226 e. The molecule has 7 nitrogen and oxygen atoms in total. The number of carbonyl (C=O) groups is 1. The fourth-order valence-electron chi connectivity index (χ4n) is 2.98. The SMILES string of the molecule is CON=C1CCC(N(C)C(=O)Cc2ccc3nonc3c2)CC1. The molecule has 0 unspecified atom stereocenters. The first kappa shape index (κ1) is 15.5. The second kappa shape index (κ2) is 6.76. The van der Waals surface area contributed by atoms with E-state index in [-0.39, 0.29) is 11.9 Å². The third-order valence-corrected chi connectivity index (χ3v) is 4.37. The van der Waals surface area contributed by atoms with Gasteiger partial charge in [0.1, 0.15) is 18.1 Å². The van der Waals surface area contributed by atoms with E-state index < -0.39 is 0 Å². The Labute approximate surface area is 134 Å². The Hall–Kier alpha value is -2.44. The average molecular weight is 316 g/mol. The monoisotopic (exact) mass is 316 g/mol. The number of oxime groups is 1. The van der Waals surface area contributed by atoms with E-state index in [1.54, 1.807) is 7.11 Å². The molecular formula is C16H20N4O3. The standard InChI is InChI=1S/C16H20N4O3/c1-20(13-6-4-12(5-7-13)17-22-2)16(21)10-11-3-8-14-15(9-11)19-23-18-14/h3,8-9,13H,4-7,10H2,1-2H3. The molecule has 1 aliphatic carbocycles. The highest BCUT2D eigenvalue weighted by Crippen LogP contribution is 2.21. The molecular weight excluding hydrogens is 296 g/mol. The van der Waals surface area contributed by atoms with Crippen molar-refractivity contribution >= 4 is 22.7 Å². The Morgan fingerprint density at radius 3 is 2.83 bits per heavy atom. The van der Waals surface area contributed by atoms with Crippen molar-refractivity contribution in [3.8, 4) is 0 Å². The van der Waals surface area contributed by atoms with Gasteiger partial charge in [0, 0.05) is 13.1 Å². The van der Waals surface area contributed by atoms with E-state index in [0.717, 1.165) is 37.0 Å². The van der Waals surface area contributed by atoms with Gasteiger partial charge in [-0.3, -0.25) is 4.79 Å². The highest BCUT2D eigenvalue weighted by Gasteiger charge is 2.24. The van der Waals surface area contributed by atoms with Crippen LogP contribution in [0.25, 0.3) is 11.0 Å². The maximum Gasteiger partial charge on any atom is 0.226 e. The van der Waals surface area contributed by atoms with Crippen LogP contribution < -0.4 is 0 Å². The molecule has 0 atom stereocenters. The van der Waals surface area contributed by atoms with Gasteiger partial charge in [0.05, 0.1) is 12.1 Å². The van der Waals surface area contributed by atoms with E-state index in [1.165, 1.54) is 0 Å². The molecule has 0 N–H and O–H groups in total. The summed E-state index contributed by atoms with van der Waals surface area (Å²) >= 11 is 0. The summed E-state index contributed by atoms with van der Waals surface area (Å²) in [5.41, 5.74) is 3.37. The largest absolute Gasteiger partial charge is 0.399 e. The fraction of sp³-hybridized carbons (Fsp3) is 0.500. The van der Waals surface area contributed by atoms with Crippen molar-refractivity contribution in [2.45, 2.75) is 38.1 Å². The lowest BCUT2D eigenvalue weighted by atomic mass is 9.92. The number of nitrogens with zero attached hydrogens (tertiary/aromatic N) is 4. The quantitative estimate of drug-likeness (QED) is 0.808. The zero-order valence-corrected chi connectivity index (χ0v) is 13.4. The number of amides is 1. The van der Waals surface area contributed by atoms with Crippen molar-refractivity contribution in [3.05, 3.63) is 23.8 Å². The molecule has 0 saturated heterocycles. The van der Waals surface area contributed by atoms with Crippen molar-refractivity contribution in [1.29, 1.82) is 0 Å². The number of benzene rings is 1. The lowest BCUT2D eigenvalue weighted by Crippen LogP contribution is -2.40. The number of likely N-dealkylation sites (N-methyl/N-ethyl adjacent to an activating group) is 1. The molecule has 0 aliphatic heterocycles. The highest BCUT2D eigenvalue weighted by atomic mass is 16.6. The average Bonchev–Trinajstić information content (AvgIpc) is 3.03. The van der Waals surface area contributed by atoms with Crippen LogP contribution in [0.1, 0.15) is 31.2 Å². The first-order valence-corrected chi connectivity index (χ1v) is 7.73. The molecule has 23 heavy (non-hydrogen) atoms. The molecule has 0 spiro atoms. The van der Waals surface area contributed by atoms with E-state index in [4.69, 9.17) is 4.84 Å². The summed E-state index contributed by atoms with van der Waals surface area (Å²) in [6, 6.07) is 5.82. The Morgan fingerprint density at radius 2 is 2.09 bits per heavy atom. The number of rotatable bonds is 4. The maximum atomic E-state index is 12.5. The van der Waals surface area contributed by atoms with Gasteiger partial charge in [0.2, 0.25) is 5.91 Å². The van der Waals surface area contributed by atoms with Crippen LogP contribution in [0, 0.1) is 0 Å². The molecule has 1 saturated carbocycles. The van der Waals surface area contributed by atoms with Gasteiger partial charge >= 0.3 is 0 Å². The first-order valence-electron chi connectivity index (χ1n) is 7.73. The summed E-state index contributed by atoms with van der Waals surface area (Å²) in [5.74, 6) is 0.109. The summed E-state index contributed by atoms with van der Waals surface area (Å²) in [4.78, 5) is 19.2. The van der Waals surface area contributed by atoms with Crippen LogP contribution in [0.15, 0.2) is 28.0 Å². The van der Waals surface area contributed by atoms with Crippen molar-refractivity contribution in [1.82, 2.24) is 15.2 Å². The maximum absolute atomic E-state index is 12.5. The van der Waals surface area contributed by atoms with Crippen molar-refractivity contribution in [2.75, 3.05) is 14.2 Å². The predicted molar refractivity (Wildman–Crippen MR) is 85.0 cm³/mol. The Bertz CT molecular complexity index is 715. The second-order valence-corrected chi connectivity index (χ2v) is 5.84. The molecule has 1 fully saturated rings. The second-order valence-electron chi connectivity index (χ2n) is 5.84. The molecule has 0 bridgehead atoms. The molecule has 2 aromatic rings. The minimum absolute atomic E-state index is 0.109. The van der Waals surface area contributed by atoms with Crippen molar-refractivity contribution in [2.24, 2.45) is 5.16 Å². The van der Waals surface area contributed by atoms with Crippen molar-refractivity contribution in [3.63, 3.8) is 0 Å². The minimum atomic E-state index is 0.109. The molecule has 1 heterocycles. The van der Waals surface area contributed by atoms with Gasteiger partial charge in [0.15, 0.2) is 0 Å². The third-order valence-electron chi connectivity index (χ3n) is 4.37. The van der Waals surface area contributed by atoms with Gasteiger partial charge in [0.25, 0.3) is 0 Å². The van der Waals surface area contributed by atoms with Gasteiger partial charge < -0.3 is 9.74 Å². The molecule has 1 amide bonds. The first-order chi connectivity index (χ1) is 11.2. The minimum Gasteiger partial charge on any atom is -0.399 e. The molecule has 1 aliphatic rings. The van der Waals surface area contributed by atoms with Crippen LogP contribution in [0.3, 0.4) is 0 Å². The van der Waals surface area contributed by atoms with Gasteiger partial charge in [-0.25, -0.2) is 4.63 Å². The van der Waals surface area contributed by atoms with Crippen LogP contribution in [0.5, 0.6) is 0 Å². The van der Waals surface area contributed by atoms with Gasteiger partial charge in [-0.2, -0.15) is 0 Å². The summed E-state index contributed by atoms with van der Waals surface area (Å²) in [5, 5.41) is 11.6. The van der Waals surface area contributed by atoms with Gasteiger partial charge in [-0.15, -0.1) is 0 Å². The number of hydrogen-bond donors (Lipinski definition) is 0. The fourth-order valence-corrected chi connectivity index (χ4v) is 2.98.